The number of benzene rings is 1. The molecule has 0 spiro atoms. The van der Waals surface area contributed by atoms with Gasteiger partial charge in [0.25, 0.3) is 0 Å². The molecule has 9 heteroatoms. The number of sulfonamides is 1. The molecular formula is C15H23N3O5S. The SMILES string of the molecule is CC(NC(=O)OC(C)(C)C)C(=O)NCc1ccc(S(N)(=O)=O)cc1. The fraction of sp³-hybridized carbons (Fsp3) is 0.467. The van der Waals surface area contributed by atoms with Crippen molar-refractivity contribution in [2.75, 3.05) is 0 Å². The average Bonchev–Trinajstić information content (AvgIpc) is 2.42. The van der Waals surface area contributed by atoms with Gasteiger partial charge in [-0.2, -0.15) is 0 Å². The maximum atomic E-state index is 11.9. The molecule has 0 aliphatic heterocycles. The van der Waals surface area contributed by atoms with E-state index >= 15 is 0 Å². The van der Waals surface area contributed by atoms with Gasteiger partial charge in [-0.25, -0.2) is 18.4 Å². The number of ether oxygens (including phenoxy) is 1. The third-order valence-corrected chi connectivity index (χ3v) is 3.77. The molecule has 8 nitrogen and oxygen atoms in total. The quantitative estimate of drug-likeness (QED) is 0.720. The van der Waals surface area contributed by atoms with Crippen LogP contribution in [0.1, 0.15) is 33.3 Å². The van der Waals surface area contributed by atoms with Crippen LogP contribution in [0, 0.1) is 0 Å². The molecule has 1 rings (SSSR count). The highest BCUT2D eigenvalue weighted by Crippen LogP contribution is 2.09. The molecule has 1 atom stereocenters. The molecule has 0 aliphatic carbocycles. The van der Waals surface area contributed by atoms with E-state index in [9.17, 15) is 18.0 Å². The lowest BCUT2D eigenvalue weighted by atomic mass is 10.2. The van der Waals surface area contributed by atoms with Crippen molar-refractivity contribution < 1.29 is 22.7 Å². The Kier molecular flexibility index (Phi) is 6.33. The lowest BCUT2D eigenvalue weighted by Crippen LogP contribution is -2.46. The monoisotopic (exact) mass is 357 g/mol. The van der Waals surface area contributed by atoms with Gasteiger partial charge in [-0.3, -0.25) is 4.79 Å². The van der Waals surface area contributed by atoms with Crippen molar-refractivity contribution in [1.82, 2.24) is 10.6 Å². The summed E-state index contributed by atoms with van der Waals surface area (Å²) < 4.78 is 27.4. The first-order chi connectivity index (χ1) is 10.9. The van der Waals surface area contributed by atoms with Crippen LogP contribution in [0.15, 0.2) is 29.2 Å². The van der Waals surface area contributed by atoms with E-state index in [2.05, 4.69) is 10.6 Å². The van der Waals surface area contributed by atoms with E-state index in [0.717, 1.165) is 0 Å². The van der Waals surface area contributed by atoms with Crippen LogP contribution in [-0.2, 0) is 26.1 Å². The van der Waals surface area contributed by atoms with E-state index in [-0.39, 0.29) is 11.4 Å². The van der Waals surface area contributed by atoms with E-state index < -0.39 is 33.7 Å². The van der Waals surface area contributed by atoms with Crippen LogP contribution in [0.5, 0.6) is 0 Å². The van der Waals surface area contributed by atoms with Gasteiger partial charge in [0.15, 0.2) is 0 Å². The van der Waals surface area contributed by atoms with Gasteiger partial charge in [0, 0.05) is 6.54 Å². The van der Waals surface area contributed by atoms with Crippen molar-refractivity contribution in [3.63, 3.8) is 0 Å². The fourth-order valence-corrected chi connectivity index (χ4v) is 2.20. The normalized spacial score (nSPS) is 13.0. The topological polar surface area (TPSA) is 128 Å². The lowest BCUT2D eigenvalue weighted by Gasteiger charge is -2.21. The maximum Gasteiger partial charge on any atom is 0.408 e. The van der Waals surface area contributed by atoms with Gasteiger partial charge in [-0.15, -0.1) is 0 Å². The van der Waals surface area contributed by atoms with Crippen molar-refractivity contribution in [3.8, 4) is 0 Å². The van der Waals surface area contributed by atoms with Gasteiger partial charge < -0.3 is 15.4 Å². The van der Waals surface area contributed by atoms with Crippen LogP contribution >= 0.6 is 0 Å². The van der Waals surface area contributed by atoms with Crippen LogP contribution < -0.4 is 15.8 Å². The Bertz CT molecular complexity index is 693. The first kappa shape index (κ1) is 19.9. The minimum atomic E-state index is -3.74. The van der Waals surface area contributed by atoms with Gasteiger partial charge in [-0.05, 0) is 45.4 Å². The van der Waals surface area contributed by atoms with E-state index in [4.69, 9.17) is 9.88 Å². The summed E-state index contributed by atoms with van der Waals surface area (Å²) in [6, 6.07) is 5.04. The number of nitrogens with one attached hydrogen (secondary N) is 2. The highest BCUT2D eigenvalue weighted by Gasteiger charge is 2.20. The largest absolute Gasteiger partial charge is 0.444 e. The standard InChI is InChI=1S/C15H23N3O5S/c1-10(18-14(20)23-15(2,3)4)13(19)17-9-11-5-7-12(8-6-11)24(16,21)22/h5-8,10H,9H2,1-4H3,(H,17,19)(H,18,20)(H2,16,21,22). The molecule has 0 saturated carbocycles. The molecule has 0 heterocycles. The zero-order chi connectivity index (χ0) is 18.5. The Morgan fingerprint density at radius 3 is 2.21 bits per heavy atom. The highest BCUT2D eigenvalue weighted by atomic mass is 32.2. The Morgan fingerprint density at radius 2 is 1.75 bits per heavy atom. The summed E-state index contributed by atoms with van der Waals surface area (Å²) in [7, 11) is -3.74. The molecule has 1 aromatic rings. The second-order valence-corrected chi connectivity index (χ2v) is 7.84. The number of hydrogen-bond acceptors (Lipinski definition) is 5. The smallest absolute Gasteiger partial charge is 0.408 e. The molecule has 134 valence electrons. The van der Waals surface area contributed by atoms with E-state index in [1.165, 1.54) is 19.1 Å². The summed E-state index contributed by atoms with van der Waals surface area (Å²) in [5, 5.41) is 10.1. The van der Waals surface area contributed by atoms with Gasteiger partial charge in [0.1, 0.15) is 11.6 Å². The molecule has 24 heavy (non-hydrogen) atoms. The Balaban J connectivity index is 2.52. The molecule has 0 radical (unpaired) electrons. The first-order valence-electron chi connectivity index (χ1n) is 7.27. The predicted molar refractivity (Wildman–Crippen MR) is 88.5 cm³/mol. The summed E-state index contributed by atoms with van der Waals surface area (Å²) in [4.78, 5) is 23.5. The van der Waals surface area contributed by atoms with E-state index in [1.807, 2.05) is 0 Å². The fourth-order valence-electron chi connectivity index (χ4n) is 1.69. The van der Waals surface area contributed by atoms with Crippen molar-refractivity contribution in [2.45, 2.75) is 50.8 Å². The second-order valence-electron chi connectivity index (χ2n) is 6.27. The zero-order valence-electron chi connectivity index (χ0n) is 14.1. The van der Waals surface area contributed by atoms with Gasteiger partial charge in [0.05, 0.1) is 4.90 Å². The van der Waals surface area contributed by atoms with Gasteiger partial charge in [0.2, 0.25) is 15.9 Å². The molecule has 2 amide bonds. The first-order valence-corrected chi connectivity index (χ1v) is 8.82. The van der Waals surface area contributed by atoms with Gasteiger partial charge >= 0.3 is 6.09 Å². The maximum absolute atomic E-state index is 11.9. The molecule has 0 fully saturated rings. The van der Waals surface area contributed by atoms with Crippen molar-refractivity contribution in [1.29, 1.82) is 0 Å². The summed E-state index contributed by atoms with van der Waals surface area (Å²) >= 11 is 0. The van der Waals surface area contributed by atoms with Crippen LogP contribution in [-0.4, -0.2) is 32.1 Å². The molecule has 1 unspecified atom stereocenters. The van der Waals surface area contributed by atoms with Crippen LogP contribution in [0.3, 0.4) is 0 Å². The summed E-state index contributed by atoms with van der Waals surface area (Å²) in [5.74, 6) is -0.392. The molecule has 0 aliphatic rings. The number of carbonyl (C=O) groups is 2. The van der Waals surface area contributed by atoms with Crippen LogP contribution in [0.4, 0.5) is 4.79 Å². The molecule has 0 bridgehead atoms. The summed E-state index contributed by atoms with van der Waals surface area (Å²) in [6.07, 6.45) is -0.678. The zero-order valence-corrected chi connectivity index (χ0v) is 14.9. The third-order valence-electron chi connectivity index (χ3n) is 2.85. The number of carbonyl (C=O) groups excluding carboxylic acids is 2. The third kappa shape index (κ3) is 6.97. The Hall–Kier alpha value is -2.13. The number of alkyl carbamates (subject to hydrolysis) is 1. The van der Waals surface area contributed by atoms with Crippen LogP contribution in [0.25, 0.3) is 0 Å². The molecule has 0 saturated heterocycles. The number of primary sulfonamides is 1. The van der Waals surface area contributed by atoms with Crippen molar-refractivity contribution in [2.24, 2.45) is 5.14 Å². The predicted octanol–water partition coefficient (Wildman–Crippen LogP) is 0.863. The van der Waals surface area contributed by atoms with E-state index in [0.29, 0.717) is 5.56 Å². The minimum absolute atomic E-state index is 0.00228. The molecule has 1 aromatic carbocycles. The number of hydrogen-bond donors (Lipinski definition) is 3. The van der Waals surface area contributed by atoms with Crippen molar-refractivity contribution in [3.05, 3.63) is 29.8 Å². The lowest BCUT2D eigenvalue weighted by molar-refractivity contribution is -0.122. The highest BCUT2D eigenvalue weighted by molar-refractivity contribution is 7.89. The Morgan fingerprint density at radius 1 is 1.21 bits per heavy atom. The molecule has 0 aromatic heterocycles. The molecular weight excluding hydrogens is 334 g/mol. The average molecular weight is 357 g/mol. The van der Waals surface area contributed by atoms with Gasteiger partial charge in [-0.1, -0.05) is 12.1 Å². The second kappa shape index (κ2) is 7.63. The van der Waals surface area contributed by atoms with E-state index in [1.54, 1.807) is 32.9 Å². The summed E-state index contributed by atoms with van der Waals surface area (Å²) in [6.45, 7) is 6.89. The van der Waals surface area contributed by atoms with Crippen LogP contribution in [0.2, 0.25) is 0 Å². The van der Waals surface area contributed by atoms with Crippen molar-refractivity contribution >= 4 is 22.0 Å². The molecule has 4 N–H and O–H groups in total. The Labute approximate surface area is 141 Å². The number of rotatable bonds is 5. The summed E-state index contributed by atoms with van der Waals surface area (Å²) in [5.41, 5.74) is 0.0472. The number of nitrogens with two attached hydrogens (primary N) is 1. The number of amides is 2. The minimum Gasteiger partial charge on any atom is -0.444 e.